The highest BCUT2D eigenvalue weighted by Crippen LogP contribution is 2.48. The zero-order valence-corrected chi connectivity index (χ0v) is 18.2. The number of hydrogen-bond donors (Lipinski definition) is 0. The molecule has 32 heavy (non-hydrogen) atoms. The van der Waals surface area contributed by atoms with E-state index in [1.54, 1.807) is 12.1 Å². The Labute approximate surface area is 187 Å². The zero-order chi connectivity index (χ0) is 22.3. The smallest absolute Gasteiger partial charge is 0.258 e. The lowest BCUT2D eigenvalue weighted by atomic mass is 9.74. The highest BCUT2D eigenvalue weighted by molar-refractivity contribution is 6.07. The standard InChI is InChI=1S/C27H26F2N2O/c1-19-2-11-25-24(16-19)27(18-31(25)26(32)21-5-9-23(29)10-6-21)12-14-30(15-13-27)17-20-3-7-22(28)8-4-20/h2-11,16H,12-15,17-18H2,1H3. The first-order valence-corrected chi connectivity index (χ1v) is 11.1. The topological polar surface area (TPSA) is 23.6 Å². The lowest BCUT2D eigenvalue weighted by Crippen LogP contribution is -2.45. The Hall–Kier alpha value is -3.05. The van der Waals surface area contributed by atoms with Crippen molar-refractivity contribution in [1.82, 2.24) is 4.90 Å². The molecule has 164 valence electrons. The molecule has 3 aromatic carbocycles. The summed E-state index contributed by atoms with van der Waals surface area (Å²) in [5.74, 6) is -0.639. The molecule has 2 aliphatic heterocycles. The van der Waals surface area contributed by atoms with Crippen LogP contribution in [0.5, 0.6) is 0 Å². The van der Waals surface area contributed by atoms with Gasteiger partial charge < -0.3 is 4.90 Å². The molecule has 1 amide bonds. The summed E-state index contributed by atoms with van der Waals surface area (Å²) in [6.45, 7) is 5.37. The normalized spacial score (nSPS) is 17.5. The van der Waals surface area contributed by atoms with Gasteiger partial charge in [-0.05, 0) is 86.4 Å². The van der Waals surface area contributed by atoms with Gasteiger partial charge in [0.25, 0.3) is 5.91 Å². The molecular weight excluding hydrogens is 406 g/mol. The third-order valence-electron chi connectivity index (χ3n) is 6.94. The number of piperidine rings is 1. The highest BCUT2D eigenvalue weighted by Gasteiger charge is 2.46. The van der Waals surface area contributed by atoms with Crippen LogP contribution in [-0.4, -0.2) is 30.4 Å². The minimum atomic E-state index is -0.344. The average Bonchev–Trinajstić information content (AvgIpc) is 3.10. The van der Waals surface area contributed by atoms with Crippen LogP contribution in [-0.2, 0) is 12.0 Å². The maximum Gasteiger partial charge on any atom is 0.258 e. The van der Waals surface area contributed by atoms with Crippen LogP contribution in [0.2, 0.25) is 0 Å². The van der Waals surface area contributed by atoms with Gasteiger partial charge in [-0.3, -0.25) is 9.69 Å². The second-order valence-electron chi connectivity index (χ2n) is 9.10. The van der Waals surface area contributed by atoms with Crippen molar-refractivity contribution in [2.75, 3.05) is 24.5 Å². The summed E-state index contributed by atoms with van der Waals surface area (Å²) in [6, 6.07) is 18.8. The van der Waals surface area contributed by atoms with Gasteiger partial charge in [-0.15, -0.1) is 0 Å². The van der Waals surface area contributed by atoms with Gasteiger partial charge in [0.05, 0.1) is 0 Å². The maximum atomic E-state index is 13.4. The van der Waals surface area contributed by atoms with Crippen LogP contribution in [0.25, 0.3) is 0 Å². The van der Waals surface area contributed by atoms with E-state index in [9.17, 15) is 13.6 Å². The number of likely N-dealkylation sites (tertiary alicyclic amines) is 1. The fraction of sp³-hybridized carbons (Fsp3) is 0.296. The first-order chi connectivity index (χ1) is 15.4. The third-order valence-corrected chi connectivity index (χ3v) is 6.94. The SMILES string of the molecule is Cc1ccc2c(c1)C1(CCN(Cc3ccc(F)cc3)CC1)CN2C(=O)c1ccc(F)cc1. The van der Waals surface area contributed by atoms with E-state index >= 15 is 0 Å². The van der Waals surface area contributed by atoms with Gasteiger partial charge in [-0.2, -0.15) is 0 Å². The molecular formula is C27H26F2N2O. The fourth-order valence-electron chi connectivity index (χ4n) is 5.13. The molecule has 0 unspecified atom stereocenters. The Kier molecular flexibility index (Phi) is 5.30. The molecule has 5 rings (SSSR count). The van der Waals surface area contributed by atoms with E-state index in [4.69, 9.17) is 0 Å². The first-order valence-electron chi connectivity index (χ1n) is 11.1. The Balaban J connectivity index is 1.38. The number of aryl methyl sites for hydroxylation is 1. The van der Waals surface area contributed by atoms with Gasteiger partial charge in [0.15, 0.2) is 0 Å². The molecule has 2 aliphatic rings. The van der Waals surface area contributed by atoms with Crippen molar-refractivity contribution in [1.29, 1.82) is 0 Å². The molecule has 0 aliphatic carbocycles. The largest absolute Gasteiger partial charge is 0.307 e. The Morgan fingerprint density at radius 3 is 2.19 bits per heavy atom. The van der Waals surface area contributed by atoms with Crippen LogP contribution >= 0.6 is 0 Å². The quantitative estimate of drug-likeness (QED) is 0.548. The summed E-state index contributed by atoms with van der Waals surface area (Å²) < 4.78 is 26.6. The number of anilines is 1. The average molecular weight is 433 g/mol. The lowest BCUT2D eigenvalue weighted by molar-refractivity contribution is 0.0975. The molecule has 0 atom stereocenters. The number of amides is 1. The molecule has 0 saturated carbocycles. The van der Waals surface area contributed by atoms with Crippen LogP contribution in [0.3, 0.4) is 0 Å². The minimum Gasteiger partial charge on any atom is -0.307 e. The summed E-state index contributed by atoms with van der Waals surface area (Å²) in [4.78, 5) is 17.6. The number of fused-ring (bicyclic) bond motifs is 2. The molecule has 5 heteroatoms. The number of carbonyl (C=O) groups is 1. The minimum absolute atomic E-state index is 0.0731. The van der Waals surface area contributed by atoms with Crippen LogP contribution < -0.4 is 4.90 Å². The molecule has 3 nitrogen and oxygen atoms in total. The van der Waals surface area contributed by atoms with E-state index in [2.05, 4.69) is 17.9 Å². The van der Waals surface area contributed by atoms with Gasteiger partial charge in [0, 0.05) is 29.8 Å². The monoisotopic (exact) mass is 432 g/mol. The van der Waals surface area contributed by atoms with Crippen molar-refractivity contribution in [3.8, 4) is 0 Å². The van der Waals surface area contributed by atoms with E-state index in [1.807, 2.05) is 29.2 Å². The number of halogens is 2. The van der Waals surface area contributed by atoms with Crippen LogP contribution in [0.4, 0.5) is 14.5 Å². The molecule has 3 aromatic rings. The van der Waals surface area contributed by atoms with Crippen molar-refractivity contribution in [2.45, 2.75) is 31.7 Å². The molecule has 0 bridgehead atoms. The Morgan fingerprint density at radius 2 is 1.53 bits per heavy atom. The van der Waals surface area contributed by atoms with Crippen LogP contribution in [0.1, 0.15) is 39.9 Å². The molecule has 0 aromatic heterocycles. The summed E-state index contributed by atoms with van der Waals surface area (Å²) in [7, 11) is 0. The molecule has 1 fully saturated rings. The van der Waals surface area contributed by atoms with Gasteiger partial charge in [0.1, 0.15) is 11.6 Å². The molecule has 2 heterocycles. The highest BCUT2D eigenvalue weighted by atomic mass is 19.1. The van der Waals surface area contributed by atoms with Gasteiger partial charge in [-0.1, -0.05) is 29.8 Å². The zero-order valence-electron chi connectivity index (χ0n) is 18.2. The van der Waals surface area contributed by atoms with E-state index in [0.717, 1.165) is 43.7 Å². The third kappa shape index (κ3) is 3.82. The maximum absolute atomic E-state index is 13.4. The number of hydrogen-bond acceptors (Lipinski definition) is 2. The molecule has 0 N–H and O–H groups in total. The van der Waals surface area contributed by atoms with Crippen LogP contribution in [0, 0.1) is 18.6 Å². The second kappa shape index (κ2) is 8.14. The van der Waals surface area contributed by atoms with Crippen LogP contribution in [0.15, 0.2) is 66.7 Å². The summed E-state index contributed by atoms with van der Waals surface area (Å²) in [5.41, 5.74) is 4.94. The second-order valence-corrected chi connectivity index (χ2v) is 9.10. The fourth-order valence-corrected chi connectivity index (χ4v) is 5.13. The summed E-state index contributed by atoms with van der Waals surface area (Å²) in [6.07, 6.45) is 1.91. The van der Waals surface area contributed by atoms with Crippen molar-refractivity contribution in [2.24, 2.45) is 0 Å². The molecule has 1 saturated heterocycles. The number of nitrogens with zero attached hydrogens (tertiary/aromatic N) is 2. The summed E-state index contributed by atoms with van der Waals surface area (Å²) >= 11 is 0. The Morgan fingerprint density at radius 1 is 0.906 bits per heavy atom. The van der Waals surface area contributed by atoms with Gasteiger partial charge in [-0.25, -0.2) is 8.78 Å². The lowest BCUT2D eigenvalue weighted by Gasteiger charge is -2.40. The van der Waals surface area contributed by atoms with Crippen molar-refractivity contribution >= 4 is 11.6 Å². The predicted octanol–water partition coefficient (Wildman–Crippen LogP) is 5.47. The predicted molar refractivity (Wildman–Crippen MR) is 122 cm³/mol. The van der Waals surface area contributed by atoms with Crippen molar-refractivity contribution in [3.05, 3.63) is 101 Å². The van der Waals surface area contributed by atoms with E-state index < -0.39 is 0 Å². The van der Waals surface area contributed by atoms with E-state index in [0.29, 0.717) is 12.1 Å². The summed E-state index contributed by atoms with van der Waals surface area (Å²) in [5, 5.41) is 0. The molecule has 0 radical (unpaired) electrons. The number of benzene rings is 3. The van der Waals surface area contributed by atoms with E-state index in [1.165, 1.54) is 35.4 Å². The number of carbonyl (C=O) groups excluding carboxylic acids is 1. The molecule has 1 spiro atoms. The van der Waals surface area contributed by atoms with Gasteiger partial charge >= 0.3 is 0 Å². The van der Waals surface area contributed by atoms with Gasteiger partial charge in [0.2, 0.25) is 0 Å². The van der Waals surface area contributed by atoms with E-state index in [-0.39, 0.29) is 23.0 Å². The first kappa shape index (κ1) is 20.8. The number of rotatable bonds is 3. The Bertz CT molecular complexity index is 1130. The van der Waals surface area contributed by atoms with Crippen molar-refractivity contribution in [3.63, 3.8) is 0 Å². The van der Waals surface area contributed by atoms with Crippen molar-refractivity contribution < 1.29 is 13.6 Å².